The van der Waals surface area contributed by atoms with Crippen LogP contribution in [0.4, 0.5) is 0 Å². The number of hydrogen-bond acceptors (Lipinski definition) is 1. The van der Waals surface area contributed by atoms with Crippen molar-refractivity contribution in [2.75, 3.05) is 0 Å². The zero-order valence-electron chi connectivity index (χ0n) is 6.19. The molecule has 0 aromatic heterocycles. The number of Topliss-reactive ketones (excluding diaryl/α,β-unsaturated/α-hetero) is 1. The van der Waals surface area contributed by atoms with Crippen molar-refractivity contribution in [3.63, 3.8) is 0 Å². The van der Waals surface area contributed by atoms with Crippen LogP contribution >= 0.6 is 0 Å². The zero-order chi connectivity index (χ0) is 7.49. The van der Waals surface area contributed by atoms with Crippen molar-refractivity contribution in [3.05, 3.63) is 0 Å². The highest BCUT2D eigenvalue weighted by molar-refractivity contribution is 5.81. The molecule has 1 nitrogen and oxygen atoms in total. The van der Waals surface area contributed by atoms with Crippen LogP contribution in [0.25, 0.3) is 0 Å². The van der Waals surface area contributed by atoms with Crippen LogP contribution < -0.4 is 0 Å². The molecule has 0 aliphatic carbocycles. The predicted molar refractivity (Wildman–Crippen MR) is 37.9 cm³/mol. The smallest absolute Gasteiger partial charge is 0.136 e. The lowest BCUT2D eigenvalue weighted by molar-refractivity contribution is -0.124. The molecule has 0 amide bonds. The fourth-order valence-corrected chi connectivity index (χ4v) is 0.380. The summed E-state index contributed by atoms with van der Waals surface area (Å²) in [5.74, 6) is 2.62. The van der Waals surface area contributed by atoms with E-state index in [0.717, 1.165) is 0 Å². The monoisotopic (exact) mass is 124 g/mol. The summed E-state index contributed by atoms with van der Waals surface area (Å²) in [6, 6.07) is 0. The van der Waals surface area contributed by atoms with E-state index in [1.807, 2.05) is 13.8 Å². The molecule has 0 bridgehead atoms. The molecule has 0 unspecified atom stereocenters. The molecule has 0 saturated carbocycles. The maximum absolute atomic E-state index is 10.8. The minimum Gasteiger partial charge on any atom is -0.299 e. The van der Waals surface area contributed by atoms with Gasteiger partial charge in [-0.15, -0.1) is 12.3 Å². The molecule has 0 aliphatic rings. The largest absolute Gasteiger partial charge is 0.299 e. The van der Waals surface area contributed by atoms with Gasteiger partial charge in [-0.25, -0.2) is 0 Å². The molecule has 0 spiro atoms. The number of rotatable bonds is 2. The Morgan fingerprint density at radius 3 is 2.22 bits per heavy atom. The van der Waals surface area contributed by atoms with Crippen molar-refractivity contribution in [1.29, 1.82) is 0 Å². The Kier molecular flexibility index (Phi) is 2.45. The summed E-state index contributed by atoms with van der Waals surface area (Å²) in [5, 5.41) is 0. The fraction of sp³-hybridized carbons (Fsp3) is 0.625. The molecule has 1 heteroatoms. The minimum absolute atomic E-state index is 0.153. The molecule has 0 rings (SSSR count). The lowest BCUT2D eigenvalue weighted by atomic mass is 9.86. The summed E-state index contributed by atoms with van der Waals surface area (Å²) in [6.45, 7) is 5.28. The average Bonchev–Trinajstić information content (AvgIpc) is 1.65. The normalized spacial score (nSPS) is 10.4. The Morgan fingerprint density at radius 2 is 2.11 bits per heavy atom. The molecule has 0 aliphatic heterocycles. The van der Waals surface area contributed by atoms with Gasteiger partial charge in [0.15, 0.2) is 0 Å². The summed E-state index contributed by atoms with van der Waals surface area (Å²) >= 11 is 0. The van der Waals surface area contributed by atoms with Gasteiger partial charge in [-0.05, 0) is 6.92 Å². The van der Waals surface area contributed by atoms with Gasteiger partial charge in [-0.1, -0.05) is 13.8 Å². The third kappa shape index (κ3) is 2.32. The second-order valence-corrected chi connectivity index (χ2v) is 2.82. The van der Waals surface area contributed by atoms with E-state index in [-0.39, 0.29) is 11.2 Å². The summed E-state index contributed by atoms with van der Waals surface area (Å²) in [5.41, 5.74) is -0.325. The van der Waals surface area contributed by atoms with Gasteiger partial charge in [-0.3, -0.25) is 4.79 Å². The molecular weight excluding hydrogens is 112 g/mol. The molecular formula is C8H12O. The van der Waals surface area contributed by atoms with Crippen LogP contribution in [0, 0.1) is 17.8 Å². The lowest BCUT2D eigenvalue weighted by Crippen LogP contribution is -2.20. The van der Waals surface area contributed by atoms with Crippen LogP contribution in [0.1, 0.15) is 27.2 Å². The Hall–Kier alpha value is -0.770. The molecule has 0 atom stereocenters. The Balaban J connectivity index is 4.06. The highest BCUT2D eigenvalue weighted by atomic mass is 16.1. The van der Waals surface area contributed by atoms with Gasteiger partial charge in [0.25, 0.3) is 0 Å². The summed E-state index contributed by atoms with van der Waals surface area (Å²) in [6.07, 6.45) is 5.58. The minimum atomic E-state index is -0.325. The van der Waals surface area contributed by atoms with E-state index in [1.165, 1.54) is 0 Å². The molecule has 0 fully saturated rings. The Morgan fingerprint density at radius 1 is 1.67 bits per heavy atom. The van der Waals surface area contributed by atoms with E-state index in [1.54, 1.807) is 6.92 Å². The SMILES string of the molecule is C#CCC(C)(C)C(C)=O. The first-order chi connectivity index (χ1) is 4.00. The molecule has 0 aromatic rings. The average molecular weight is 124 g/mol. The number of ketones is 1. The maximum Gasteiger partial charge on any atom is 0.136 e. The van der Waals surface area contributed by atoms with Gasteiger partial charge in [0.2, 0.25) is 0 Å². The third-order valence-electron chi connectivity index (χ3n) is 1.50. The van der Waals surface area contributed by atoms with E-state index in [9.17, 15) is 4.79 Å². The Bertz CT molecular complexity index is 148. The van der Waals surface area contributed by atoms with Gasteiger partial charge in [0.05, 0.1) is 0 Å². The van der Waals surface area contributed by atoms with Crippen LogP contribution in [0.3, 0.4) is 0 Å². The number of terminal acetylenes is 1. The quantitative estimate of drug-likeness (QED) is 0.511. The molecule has 0 radical (unpaired) electrons. The van der Waals surface area contributed by atoms with E-state index in [4.69, 9.17) is 6.42 Å². The van der Waals surface area contributed by atoms with Crippen LogP contribution in [-0.2, 0) is 4.79 Å². The first-order valence-electron chi connectivity index (χ1n) is 2.95. The third-order valence-corrected chi connectivity index (χ3v) is 1.50. The first kappa shape index (κ1) is 8.23. The van der Waals surface area contributed by atoms with Gasteiger partial charge < -0.3 is 0 Å². The van der Waals surface area contributed by atoms with Crippen molar-refractivity contribution in [3.8, 4) is 12.3 Å². The standard InChI is InChI=1S/C8H12O/c1-5-6-8(3,4)7(2)9/h1H,6H2,2-4H3. The lowest BCUT2D eigenvalue weighted by Gasteiger charge is -2.16. The van der Waals surface area contributed by atoms with Gasteiger partial charge in [0, 0.05) is 11.8 Å². The molecule has 9 heavy (non-hydrogen) atoms. The molecule has 50 valence electrons. The molecule has 0 aromatic carbocycles. The molecule has 0 N–H and O–H groups in total. The van der Waals surface area contributed by atoms with E-state index in [2.05, 4.69) is 5.92 Å². The highest BCUT2D eigenvalue weighted by Gasteiger charge is 2.21. The van der Waals surface area contributed by atoms with Crippen LogP contribution in [0.5, 0.6) is 0 Å². The predicted octanol–water partition coefficient (Wildman–Crippen LogP) is 1.62. The second kappa shape index (κ2) is 2.68. The summed E-state index contributed by atoms with van der Waals surface area (Å²) in [7, 11) is 0. The van der Waals surface area contributed by atoms with Crippen LogP contribution in [0.15, 0.2) is 0 Å². The summed E-state index contributed by atoms with van der Waals surface area (Å²) < 4.78 is 0. The van der Waals surface area contributed by atoms with Crippen LogP contribution in [-0.4, -0.2) is 5.78 Å². The van der Waals surface area contributed by atoms with E-state index >= 15 is 0 Å². The van der Waals surface area contributed by atoms with Crippen molar-refractivity contribution in [2.45, 2.75) is 27.2 Å². The topological polar surface area (TPSA) is 17.1 Å². The first-order valence-corrected chi connectivity index (χ1v) is 2.95. The molecule has 0 saturated heterocycles. The molecule has 0 heterocycles. The number of carbonyl (C=O) groups excluding carboxylic acids is 1. The second-order valence-electron chi connectivity index (χ2n) is 2.82. The van der Waals surface area contributed by atoms with Crippen LogP contribution in [0.2, 0.25) is 0 Å². The van der Waals surface area contributed by atoms with Crippen molar-refractivity contribution >= 4 is 5.78 Å². The number of carbonyl (C=O) groups is 1. The van der Waals surface area contributed by atoms with Crippen molar-refractivity contribution in [2.24, 2.45) is 5.41 Å². The number of hydrogen-bond donors (Lipinski definition) is 0. The van der Waals surface area contributed by atoms with Crippen molar-refractivity contribution in [1.82, 2.24) is 0 Å². The highest BCUT2D eigenvalue weighted by Crippen LogP contribution is 2.19. The Labute approximate surface area is 56.5 Å². The maximum atomic E-state index is 10.8. The fourth-order valence-electron chi connectivity index (χ4n) is 0.380. The van der Waals surface area contributed by atoms with E-state index in [0.29, 0.717) is 6.42 Å². The van der Waals surface area contributed by atoms with E-state index < -0.39 is 0 Å². The van der Waals surface area contributed by atoms with Crippen molar-refractivity contribution < 1.29 is 4.79 Å². The zero-order valence-corrected chi connectivity index (χ0v) is 6.19. The van der Waals surface area contributed by atoms with Gasteiger partial charge in [0.1, 0.15) is 5.78 Å². The van der Waals surface area contributed by atoms with Gasteiger partial charge in [-0.2, -0.15) is 0 Å². The summed E-state index contributed by atoms with van der Waals surface area (Å²) in [4.78, 5) is 10.8. The van der Waals surface area contributed by atoms with Gasteiger partial charge >= 0.3 is 0 Å².